The number of aromatic nitrogens is 3. The molecule has 0 saturated carbocycles. The van der Waals surface area contributed by atoms with Gasteiger partial charge in [-0.3, -0.25) is 0 Å². The zero-order valence-corrected chi connectivity index (χ0v) is 21.1. The largest absolute Gasteiger partial charge is 0.208 e. The summed E-state index contributed by atoms with van der Waals surface area (Å²) < 4.78 is 0. The Morgan fingerprint density at radius 2 is 1.05 bits per heavy atom. The van der Waals surface area contributed by atoms with Gasteiger partial charge in [-0.25, -0.2) is 15.0 Å². The van der Waals surface area contributed by atoms with Gasteiger partial charge in [0.05, 0.1) is 0 Å². The fraction of sp³-hybridized carbons (Fsp3) is 0.0571. The lowest BCUT2D eigenvalue weighted by molar-refractivity contribution is 1.07. The van der Waals surface area contributed by atoms with Crippen LogP contribution in [0.1, 0.15) is 16.7 Å². The van der Waals surface area contributed by atoms with Crippen LogP contribution in [0, 0.1) is 6.92 Å². The van der Waals surface area contributed by atoms with Crippen LogP contribution in [-0.4, -0.2) is 15.0 Å². The molecule has 0 fully saturated rings. The van der Waals surface area contributed by atoms with Crippen LogP contribution in [0.2, 0.25) is 0 Å². The number of hydrogen-bond donors (Lipinski definition) is 0. The Bertz CT molecular complexity index is 1720. The molecule has 1 aliphatic carbocycles. The second-order valence-corrected chi connectivity index (χ2v) is 9.79. The summed E-state index contributed by atoms with van der Waals surface area (Å²) in [6, 6.07) is 42.3. The van der Waals surface area contributed by atoms with Crippen LogP contribution in [0.3, 0.4) is 0 Å². The maximum Gasteiger partial charge on any atom is 0.164 e. The van der Waals surface area contributed by atoms with Crippen molar-refractivity contribution in [2.24, 2.45) is 0 Å². The van der Waals surface area contributed by atoms with Crippen LogP contribution in [-0.2, 0) is 6.42 Å². The third kappa shape index (κ3) is 3.99. The van der Waals surface area contributed by atoms with Crippen molar-refractivity contribution in [3.05, 3.63) is 138 Å². The standard InChI is InChI=1S/C35H25N3/c1-23-15-17-24(18-16-23)27-19-20-28-21-29-13-8-14-30(32(29)31(28)22-27)35-37-33(25-9-4-2-5-10-25)36-34(38-35)26-11-6-3-7-12-26/h2-20,22H,21H2,1H3. The number of aryl methyl sites for hydroxylation is 1. The van der Waals surface area contributed by atoms with E-state index < -0.39 is 0 Å². The molecular formula is C35H25N3. The smallest absolute Gasteiger partial charge is 0.164 e. The van der Waals surface area contributed by atoms with E-state index in [-0.39, 0.29) is 0 Å². The second kappa shape index (κ2) is 9.20. The van der Waals surface area contributed by atoms with Crippen molar-refractivity contribution in [3.8, 4) is 56.4 Å². The van der Waals surface area contributed by atoms with Gasteiger partial charge in [0.1, 0.15) is 0 Å². The Labute approximate surface area is 222 Å². The van der Waals surface area contributed by atoms with Gasteiger partial charge in [0.15, 0.2) is 17.5 Å². The Morgan fingerprint density at radius 1 is 0.447 bits per heavy atom. The molecule has 0 unspecified atom stereocenters. The molecule has 38 heavy (non-hydrogen) atoms. The first-order chi connectivity index (χ1) is 18.7. The summed E-state index contributed by atoms with van der Waals surface area (Å²) in [5.41, 5.74) is 11.8. The third-order valence-corrected chi connectivity index (χ3v) is 7.24. The number of hydrogen-bond acceptors (Lipinski definition) is 3. The molecule has 7 rings (SSSR count). The number of nitrogens with zero attached hydrogens (tertiary/aromatic N) is 3. The molecule has 6 aromatic rings. The van der Waals surface area contributed by atoms with Crippen LogP contribution in [0.4, 0.5) is 0 Å². The molecule has 0 amide bonds. The maximum atomic E-state index is 5.02. The maximum absolute atomic E-state index is 5.02. The first kappa shape index (κ1) is 22.3. The molecule has 180 valence electrons. The van der Waals surface area contributed by atoms with Gasteiger partial charge in [-0.15, -0.1) is 0 Å². The first-order valence-electron chi connectivity index (χ1n) is 12.9. The molecule has 0 N–H and O–H groups in total. The molecule has 1 aromatic heterocycles. The van der Waals surface area contributed by atoms with E-state index in [0.717, 1.165) is 23.1 Å². The fourth-order valence-electron chi connectivity index (χ4n) is 5.27. The highest BCUT2D eigenvalue weighted by molar-refractivity contribution is 5.91. The predicted octanol–water partition coefficient (Wildman–Crippen LogP) is 8.42. The molecule has 0 atom stereocenters. The number of rotatable bonds is 4. The van der Waals surface area contributed by atoms with Crippen molar-refractivity contribution < 1.29 is 0 Å². The molecule has 5 aromatic carbocycles. The molecule has 1 heterocycles. The van der Waals surface area contributed by atoms with Crippen LogP contribution in [0.5, 0.6) is 0 Å². The average molecular weight is 488 g/mol. The highest BCUT2D eigenvalue weighted by Crippen LogP contribution is 2.44. The van der Waals surface area contributed by atoms with Crippen LogP contribution in [0.25, 0.3) is 56.4 Å². The van der Waals surface area contributed by atoms with Gasteiger partial charge in [0.25, 0.3) is 0 Å². The quantitative estimate of drug-likeness (QED) is 0.250. The molecule has 1 aliphatic rings. The molecule has 0 bridgehead atoms. The Kier molecular flexibility index (Phi) is 5.41. The summed E-state index contributed by atoms with van der Waals surface area (Å²) in [5, 5.41) is 0. The highest BCUT2D eigenvalue weighted by atomic mass is 15.0. The molecular weight excluding hydrogens is 462 g/mol. The lowest BCUT2D eigenvalue weighted by Gasteiger charge is -2.13. The van der Waals surface area contributed by atoms with Gasteiger partial charge in [-0.2, -0.15) is 0 Å². The summed E-state index contributed by atoms with van der Waals surface area (Å²) in [6.45, 7) is 2.12. The van der Waals surface area contributed by atoms with Gasteiger partial charge in [0.2, 0.25) is 0 Å². The van der Waals surface area contributed by atoms with E-state index in [1.807, 2.05) is 60.7 Å². The van der Waals surface area contributed by atoms with Gasteiger partial charge in [0, 0.05) is 16.7 Å². The Hall–Kier alpha value is -4.89. The van der Waals surface area contributed by atoms with Crippen LogP contribution >= 0.6 is 0 Å². The second-order valence-electron chi connectivity index (χ2n) is 9.79. The molecule has 3 nitrogen and oxygen atoms in total. The van der Waals surface area contributed by atoms with Gasteiger partial charge >= 0.3 is 0 Å². The zero-order valence-electron chi connectivity index (χ0n) is 21.1. The van der Waals surface area contributed by atoms with Gasteiger partial charge < -0.3 is 0 Å². The normalized spacial score (nSPS) is 11.7. The molecule has 0 aliphatic heterocycles. The lowest BCUT2D eigenvalue weighted by atomic mass is 9.95. The number of benzene rings is 5. The van der Waals surface area contributed by atoms with E-state index in [1.54, 1.807) is 0 Å². The van der Waals surface area contributed by atoms with E-state index in [2.05, 4.69) is 67.6 Å². The van der Waals surface area contributed by atoms with Crippen LogP contribution < -0.4 is 0 Å². The Balaban J connectivity index is 1.42. The third-order valence-electron chi connectivity index (χ3n) is 7.24. The Morgan fingerprint density at radius 3 is 1.71 bits per heavy atom. The predicted molar refractivity (Wildman–Crippen MR) is 155 cm³/mol. The number of fused-ring (bicyclic) bond motifs is 3. The zero-order chi connectivity index (χ0) is 25.5. The summed E-state index contributed by atoms with van der Waals surface area (Å²) in [7, 11) is 0. The van der Waals surface area contributed by atoms with Crippen molar-refractivity contribution >= 4 is 0 Å². The van der Waals surface area contributed by atoms with Gasteiger partial charge in [-0.1, -0.05) is 121 Å². The summed E-state index contributed by atoms with van der Waals surface area (Å²) in [6.07, 6.45) is 0.912. The molecule has 0 saturated heterocycles. The highest BCUT2D eigenvalue weighted by Gasteiger charge is 2.24. The summed E-state index contributed by atoms with van der Waals surface area (Å²) in [5.74, 6) is 2.06. The van der Waals surface area contributed by atoms with Crippen LogP contribution in [0.15, 0.2) is 121 Å². The first-order valence-corrected chi connectivity index (χ1v) is 12.9. The minimum Gasteiger partial charge on any atom is -0.208 e. The van der Waals surface area contributed by atoms with Crippen molar-refractivity contribution in [2.75, 3.05) is 0 Å². The van der Waals surface area contributed by atoms with E-state index >= 15 is 0 Å². The lowest BCUT2D eigenvalue weighted by Crippen LogP contribution is -2.01. The van der Waals surface area contributed by atoms with E-state index in [9.17, 15) is 0 Å². The molecule has 0 spiro atoms. The van der Waals surface area contributed by atoms with E-state index in [0.29, 0.717) is 17.5 Å². The van der Waals surface area contributed by atoms with Crippen molar-refractivity contribution in [1.29, 1.82) is 0 Å². The minimum absolute atomic E-state index is 0.679. The van der Waals surface area contributed by atoms with Crippen molar-refractivity contribution in [3.63, 3.8) is 0 Å². The molecule has 3 heteroatoms. The van der Waals surface area contributed by atoms with Crippen molar-refractivity contribution in [2.45, 2.75) is 13.3 Å². The average Bonchev–Trinajstić information content (AvgIpc) is 3.36. The monoisotopic (exact) mass is 487 g/mol. The fourth-order valence-corrected chi connectivity index (χ4v) is 5.27. The van der Waals surface area contributed by atoms with E-state index in [4.69, 9.17) is 15.0 Å². The topological polar surface area (TPSA) is 38.7 Å². The summed E-state index contributed by atoms with van der Waals surface area (Å²) >= 11 is 0. The van der Waals surface area contributed by atoms with Gasteiger partial charge in [-0.05, 0) is 52.8 Å². The summed E-state index contributed by atoms with van der Waals surface area (Å²) in [4.78, 5) is 14.9. The minimum atomic E-state index is 0.679. The SMILES string of the molecule is Cc1ccc(-c2ccc3c(c2)-c2c(cccc2-c2nc(-c4ccccc4)nc(-c4ccccc4)n2)C3)cc1. The molecule has 0 radical (unpaired) electrons. The van der Waals surface area contributed by atoms with Crippen molar-refractivity contribution in [1.82, 2.24) is 15.0 Å². The van der Waals surface area contributed by atoms with E-state index in [1.165, 1.54) is 38.9 Å².